The molecule has 2 N–H and O–H groups in total. The first-order valence-electron chi connectivity index (χ1n) is 7.27. The van der Waals surface area contributed by atoms with Crippen LogP contribution in [0.3, 0.4) is 0 Å². The van der Waals surface area contributed by atoms with Crippen LogP contribution in [0, 0.1) is 5.92 Å². The standard InChI is InChI=1S/C15H18N4O3/c1-2-22-14-10-13(11-8-9-11)16-19(17-14)18(15(20)21)12-6-4-3-5-7-12/h3-7,10-11,16H,2,8-9H2,1H3,(H,20,21). The van der Waals surface area contributed by atoms with Crippen LogP contribution in [0.25, 0.3) is 0 Å². The van der Waals surface area contributed by atoms with E-state index in [0.717, 1.165) is 23.5 Å². The van der Waals surface area contributed by atoms with Crippen molar-refractivity contribution in [2.24, 2.45) is 11.0 Å². The Balaban J connectivity index is 1.90. The molecule has 1 saturated carbocycles. The number of anilines is 1. The van der Waals surface area contributed by atoms with Gasteiger partial charge in [-0.1, -0.05) is 28.5 Å². The molecular weight excluding hydrogens is 284 g/mol. The quantitative estimate of drug-likeness (QED) is 0.893. The normalized spacial score (nSPS) is 17.2. The number of ether oxygens (including phenoxy) is 1. The van der Waals surface area contributed by atoms with Gasteiger partial charge < -0.3 is 9.84 Å². The van der Waals surface area contributed by atoms with Gasteiger partial charge in [-0.3, -0.25) is 5.43 Å². The molecule has 22 heavy (non-hydrogen) atoms. The Morgan fingerprint density at radius 2 is 2.18 bits per heavy atom. The van der Waals surface area contributed by atoms with Gasteiger partial charge in [0.2, 0.25) is 5.90 Å². The highest BCUT2D eigenvalue weighted by atomic mass is 16.5. The van der Waals surface area contributed by atoms with Crippen LogP contribution in [-0.4, -0.2) is 28.9 Å². The van der Waals surface area contributed by atoms with Crippen molar-refractivity contribution >= 4 is 17.7 Å². The van der Waals surface area contributed by atoms with Gasteiger partial charge in [-0.15, -0.1) is 5.01 Å². The predicted octanol–water partition coefficient (Wildman–Crippen LogP) is 2.55. The van der Waals surface area contributed by atoms with Crippen molar-refractivity contribution in [1.29, 1.82) is 0 Å². The molecule has 1 aliphatic carbocycles. The number of para-hydroxylation sites is 1. The Bertz CT molecular complexity index is 610. The van der Waals surface area contributed by atoms with Gasteiger partial charge in [-0.2, -0.15) is 0 Å². The molecule has 1 aromatic carbocycles. The van der Waals surface area contributed by atoms with E-state index in [9.17, 15) is 9.90 Å². The summed E-state index contributed by atoms with van der Waals surface area (Å²) < 4.78 is 5.46. The van der Waals surface area contributed by atoms with Crippen molar-refractivity contribution in [3.05, 3.63) is 42.1 Å². The van der Waals surface area contributed by atoms with Crippen LogP contribution in [0.5, 0.6) is 0 Å². The molecule has 0 bridgehead atoms. The van der Waals surface area contributed by atoms with Crippen LogP contribution >= 0.6 is 0 Å². The molecule has 7 heteroatoms. The molecule has 0 saturated heterocycles. The zero-order valence-corrected chi connectivity index (χ0v) is 12.3. The summed E-state index contributed by atoms with van der Waals surface area (Å²) in [7, 11) is 0. The molecule has 116 valence electrons. The minimum atomic E-state index is -1.13. The summed E-state index contributed by atoms with van der Waals surface area (Å²) in [6, 6.07) is 8.80. The number of carbonyl (C=O) groups is 1. The molecule has 3 rings (SSSR count). The molecule has 0 spiro atoms. The van der Waals surface area contributed by atoms with E-state index in [1.165, 1.54) is 5.23 Å². The molecular formula is C15H18N4O3. The SMILES string of the molecule is CCOC1=NN(N(C(=O)O)c2ccccc2)NC(C2CC2)=C1. The van der Waals surface area contributed by atoms with Crippen LogP contribution in [0.4, 0.5) is 10.5 Å². The minimum absolute atomic E-state index is 0.408. The molecule has 7 nitrogen and oxygen atoms in total. The Hall–Kier alpha value is -2.70. The predicted molar refractivity (Wildman–Crippen MR) is 81.8 cm³/mol. The average molecular weight is 302 g/mol. The van der Waals surface area contributed by atoms with Gasteiger partial charge in [0.25, 0.3) is 0 Å². The third kappa shape index (κ3) is 2.98. The van der Waals surface area contributed by atoms with Crippen LogP contribution < -0.4 is 10.4 Å². The van der Waals surface area contributed by atoms with Crippen molar-refractivity contribution < 1.29 is 14.6 Å². The average Bonchev–Trinajstić information content (AvgIpc) is 3.33. The number of nitrogens with zero attached hydrogens (tertiary/aromatic N) is 3. The monoisotopic (exact) mass is 302 g/mol. The molecule has 0 radical (unpaired) electrons. The fourth-order valence-corrected chi connectivity index (χ4v) is 2.21. The maximum Gasteiger partial charge on any atom is 0.434 e. The summed E-state index contributed by atoms with van der Waals surface area (Å²) in [6.07, 6.45) is 2.88. The Morgan fingerprint density at radius 1 is 1.45 bits per heavy atom. The lowest BCUT2D eigenvalue weighted by Gasteiger charge is -2.33. The summed E-state index contributed by atoms with van der Waals surface area (Å²) in [4.78, 5) is 11.7. The van der Waals surface area contributed by atoms with Crippen LogP contribution in [0.2, 0.25) is 0 Å². The number of benzene rings is 1. The zero-order chi connectivity index (χ0) is 15.5. The molecule has 0 atom stereocenters. The zero-order valence-electron chi connectivity index (χ0n) is 12.3. The fraction of sp³-hybridized carbons (Fsp3) is 0.333. The molecule has 0 unspecified atom stereocenters. The largest absolute Gasteiger partial charge is 0.477 e. The van der Waals surface area contributed by atoms with Gasteiger partial charge in [0.15, 0.2) is 0 Å². The topological polar surface area (TPSA) is 77.4 Å². The van der Waals surface area contributed by atoms with Gasteiger partial charge in [0.05, 0.1) is 12.3 Å². The van der Waals surface area contributed by atoms with E-state index in [1.54, 1.807) is 24.3 Å². The third-order valence-electron chi connectivity index (χ3n) is 3.38. The molecule has 2 aliphatic rings. The van der Waals surface area contributed by atoms with E-state index in [-0.39, 0.29) is 0 Å². The maximum atomic E-state index is 11.7. The second-order valence-corrected chi connectivity index (χ2v) is 5.08. The van der Waals surface area contributed by atoms with Gasteiger partial charge in [0, 0.05) is 17.7 Å². The highest BCUT2D eigenvalue weighted by Crippen LogP contribution is 2.36. The lowest BCUT2D eigenvalue weighted by Crippen LogP contribution is -2.52. The Kier molecular flexibility index (Phi) is 3.86. The number of hydrogen-bond acceptors (Lipinski definition) is 5. The molecule has 0 aromatic heterocycles. The number of allylic oxidation sites excluding steroid dienone is 1. The van der Waals surface area contributed by atoms with Gasteiger partial charge in [-0.05, 0) is 31.9 Å². The maximum absolute atomic E-state index is 11.7. The summed E-state index contributed by atoms with van der Waals surface area (Å²) in [6.45, 7) is 2.34. The number of nitrogens with one attached hydrogen (secondary N) is 1. The third-order valence-corrected chi connectivity index (χ3v) is 3.38. The van der Waals surface area contributed by atoms with E-state index in [2.05, 4.69) is 10.5 Å². The summed E-state index contributed by atoms with van der Waals surface area (Å²) in [5.41, 5.74) is 4.49. The van der Waals surface area contributed by atoms with Crippen molar-refractivity contribution in [2.75, 3.05) is 11.6 Å². The van der Waals surface area contributed by atoms with Crippen molar-refractivity contribution in [3.63, 3.8) is 0 Å². The summed E-state index contributed by atoms with van der Waals surface area (Å²) in [5.74, 6) is 0.824. The van der Waals surface area contributed by atoms with E-state index in [0.29, 0.717) is 24.1 Å². The van der Waals surface area contributed by atoms with Crippen LogP contribution in [0.1, 0.15) is 19.8 Å². The lowest BCUT2D eigenvalue weighted by atomic mass is 10.3. The molecule has 1 fully saturated rings. The molecule has 1 amide bonds. The second-order valence-electron chi connectivity index (χ2n) is 5.08. The Morgan fingerprint density at radius 3 is 2.77 bits per heavy atom. The van der Waals surface area contributed by atoms with Crippen LogP contribution in [-0.2, 0) is 4.74 Å². The van der Waals surface area contributed by atoms with Crippen molar-refractivity contribution in [1.82, 2.24) is 10.7 Å². The summed E-state index contributed by atoms with van der Waals surface area (Å²) >= 11 is 0. The lowest BCUT2D eigenvalue weighted by molar-refractivity contribution is 0.142. The van der Waals surface area contributed by atoms with Gasteiger partial charge >= 0.3 is 6.09 Å². The van der Waals surface area contributed by atoms with Crippen LogP contribution in [0.15, 0.2) is 47.2 Å². The van der Waals surface area contributed by atoms with E-state index in [4.69, 9.17) is 4.74 Å². The van der Waals surface area contributed by atoms with E-state index >= 15 is 0 Å². The number of hydrazine groups is 2. The van der Waals surface area contributed by atoms with Gasteiger partial charge in [-0.25, -0.2) is 4.79 Å². The first-order chi connectivity index (χ1) is 10.7. The van der Waals surface area contributed by atoms with E-state index < -0.39 is 6.09 Å². The van der Waals surface area contributed by atoms with Crippen molar-refractivity contribution in [2.45, 2.75) is 19.8 Å². The Labute approximate surface area is 128 Å². The highest BCUT2D eigenvalue weighted by Gasteiger charge is 2.33. The first kappa shape index (κ1) is 14.2. The van der Waals surface area contributed by atoms with E-state index in [1.807, 2.05) is 19.1 Å². The number of rotatable bonds is 4. The van der Waals surface area contributed by atoms with Crippen molar-refractivity contribution in [3.8, 4) is 0 Å². The number of hydrazone groups is 1. The minimum Gasteiger partial charge on any atom is -0.477 e. The first-order valence-corrected chi connectivity index (χ1v) is 7.27. The second kappa shape index (κ2) is 5.97. The summed E-state index contributed by atoms with van der Waals surface area (Å²) in [5, 5.41) is 16.0. The molecule has 1 aromatic rings. The molecule has 1 aliphatic heterocycles. The number of carboxylic acid groups (broad SMARTS) is 1. The number of amides is 1. The fourth-order valence-electron chi connectivity index (χ4n) is 2.21. The highest BCUT2D eigenvalue weighted by molar-refractivity contribution is 5.90. The molecule has 1 heterocycles. The van der Waals surface area contributed by atoms with Gasteiger partial charge in [0.1, 0.15) is 0 Å². The number of hydrogen-bond donors (Lipinski definition) is 2. The smallest absolute Gasteiger partial charge is 0.434 e.